The maximum Gasteiger partial charge on any atom is 0.260 e. The first-order valence-electron chi connectivity index (χ1n) is 9.58. The highest BCUT2D eigenvalue weighted by molar-refractivity contribution is 5.78. The SMILES string of the molecule is CC(C)c1ccc(NC2CCCN(C(=O)COc3ccccc3O)C2)cc1. The zero-order valence-corrected chi connectivity index (χ0v) is 16.0. The summed E-state index contributed by atoms with van der Waals surface area (Å²) in [5.74, 6) is 0.849. The van der Waals surface area contributed by atoms with Crippen molar-refractivity contribution in [3.8, 4) is 11.5 Å². The number of likely N-dealkylation sites (tertiary alicyclic amines) is 1. The van der Waals surface area contributed by atoms with Gasteiger partial charge in [0.2, 0.25) is 0 Å². The van der Waals surface area contributed by atoms with Crippen molar-refractivity contribution in [3.05, 3.63) is 54.1 Å². The van der Waals surface area contributed by atoms with Crippen LogP contribution in [-0.2, 0) is 4.79 Å². The number of carbonyl (C=O) groups is 1. The summed E-state index contributed by atoms with van der Waals surface area (Å²) in [6.45, 7) is 5.71. The van der Waals surface area contributed by atoms with Crippen LogP contribution in [0.2, 0.25) is 0 Å². The molecular weight excluding hydrogens is 340 g/mol. The van der Waals surface area contributed by atoms with Crippen molar-refractivity contribution in [1.82, 2.24) is 4.90 Å². The second-order valence-electron chi connectivity index (χ2n) is 7.36. The summed E-state index contributed by atoms with van der Waals surface area (Å²) in [5, 5.41) is 13.3. The number of hydrogen-bond acceptors (Lipinski definition) is 4. The molecule has 1 unspecified atom stereocenters. The third-order valence-electron chi connectivity index (χ3n) is 4.94. The number of nitrogens with zero attached hydrogens (tertiary/aromatic N) is 1. The van der Waals surface area contributed by atoms with Gasteiger partial charge in [0.25, 0.3) is 5.91 Å². The molecule has 1 aliphatic rings. The number of aromatic hydroxyl groups is 1. The zero-order chi connectivity index (χ0) is 19.2. The van der Waals surface area contributed by atoms with Gasteiger partial charge in [-0.25, -0.2) is 0 Å². The Balaban J connectivity index is 1.52. The molecular formula is C22H28N2O3. The van der Waals surface area contributed by atoms with Gasteiger partial charge in [-0.15, -0.1) is 0 Å². The number of carbonyl (C=O) groups excluding carboxylic acids is 1. The van der Waals surface area contributed by atoms with Crippen LogP contribution >= 0.6 is 0 Å². The van der Waals surface area contributed by atoms with E-state index in [9.17, 15) is 9.90 Å². The van der Waals surface area contributed by atoms with E-state index in [1.54, 1.807) is 24.3 Å². The molecule has 5 heteroatoms. The lowest BCUT2D eigenvalue weighted by Crippen LogP contribution is -2.46. The molecule has 0 spiro atoms. The molecule has 1 fully saturated rings. The van der Waals surface area contributed by atoms with E-state index in [2.05, 4.69) is 43.4 Å². The molecule has 144 valence electrons. The van der Waals surface area contributed by atoms with Gasteiger partial charge < -0.3 is 20.1 Å². The van der Waals surface area contributed by atoms with Gasteiger partial charge in [-0.05, 0) is 48.6 Å². The van der Waals surface area contributed by atoms with Crippen molar-refractivity contribution in [2.75, 3.05) is 25.0 Å². The number of amides is 1. The van der Waals surface area contributed by atoms with Gasteiger partial charge in [0.05, 0.1) is 0 Å². The first-order valence-corrected chi connectivity index (χ1v) is 9.58. The third kappa shape index (κ3) is 5.16. The van der Waals surface area contributed by atoms with Crippen LogP contribution in [-0.4, -0.2) is 41.7 Å². The molecule has 1 amide bonds. The van der Waals surface area contributed by atoms with Crippen molar-refractivity contribution in [1.29, 1.82) is 0 Å². The summed E-state index contributed by atoms with van der Waals surface area (Å²) < 4.78 is 5.48. The lowest BCUT2D eigenvalue weighted by Gasteiger charge is -2.33. The average Bonchev–Trinajstić information content (AvgIpc) is 2.68. The number of rotatable bonds is 6. The molecule has 0 aliphatic carbocycles. The minimum absolute atomic E-state index is 0.0494. The van der Waals surface area contributed by atoms with E-state index in [-0.39, 0.29) is 24.3 Å². The molecule has 2 aromatic carbocycles. The van der Waals surface area contributed by atoms with Crippen LogP contribution < -0.4 is 10.1 Å². The molecule has 5 nitrogen and oxygen atoms in total. The molecule has 1 aliphatic heterocycles. The molecule has 1 heterocycles. The van der Waals surface area contributed by atoms with Gasteiger partial charge in [-0.2, -0.15) is 0 Å². The Bertz CT molecular complexity index is 758. The molecule has 2 aromatic rings. The number of benzene rings is 2. The second-order valence-corrected chi connectivity index (χ2v) is 7.36. The minimum Gasteiger partial charge on any atom is -0.504 e. The lowest BCUT2D eigenvalue weighted by atomic mass is 10.0. The van der Waals surface area contributed by atoms with Crippen molar-refractivity contribution < 1.29 is 14.6 Å². The van der Waals surface area contributed by atoms with Crippen LogP contribution in [0.5, 0.6) is 11.5 Å². The number of anilines is 1. The molecule has 2 N–H and O–H groups in total. The minimum atomic E-state index is -0.0621. The van der Waals surface area contributed by atoms with E-state index in [1.807, 2.05) is 4.90 Å². The van der Waals surface area contributed by atoms with Crippen LogP contribution in [0.3, 0.4) is 0 Å². The number of phenols is 1. The molecule has 27 heavy (non-hydrogen) atoms. The largest absolute Gasteiger partial charge is 0.504 e. The van der Waals surface area contributed by atoms with Crippen molar-refractivity contribution in [3.63, 3.8) is 0 Å². The van der Waals surface area contributed by atoms with Gasteiger partial charge in [0.1, 0.15) is 0 Å². The van der Waals surface area contributed by atoms with Gasteiger partial charge in [-0.1, -0.05) is 38.1 Å². The van der Waals surface area contributed by atoms with E-state index in [0.717, 1.165) is 25.1 Å². The molecule has 0 bridgehead atoms. The first-order chi connectivity index (χ1) is 13.0. The number of nitrogens with one attached hydrogen (secondary N) is 1. The standard InChI is InChI=1S/C22H28N2O3/c1-16(2)17-9-11-18(12-10-17)23-19-6-5-13-24(14-19)22(26)15-27-21-8-4-3-7-20(21)25/h3-4,7-12,16,19,23,25H,5-6,13-15H2,1-2H3. The Labute approximate surface area is 161 Å². The van der Waals surface area contributed by atoms with Crippen molar-refractivity contribution >= 4 is 11.6 Å². The van der Waals surface area contributed by atoms with Gasteiger partial charge in [0.15, 0.2) is 18.1 Å². The summed E-state index contributed by atoms with van der Waals surface area (Å²) in [7, 11) is 0. The molecule has 1 saturated heterocycles. The molecule has 1 atom stereocenters. The first kappa shape index (κ1) is 19.1. The molecule has 3 rings (SSSR count). The lowest BCUT2D eigenvalue weighted by molar-refractivity contribution is -0.134. The van der Waals surface area contributed by atoms with Gasteiger partial charge >= 0.3 is 0 Å². The molecule has 0 saturated carbocycles. The number of phenolic OH excluding ortho intramolecular Hbond substituents is 1. The summed E-state index contributed by atoms with van der Waals surface area (Å²) >= 11 is 0. The Morgan fingerprint density at radius 1 is 1.22 bits per heavy atom. The zero-order valence-electron chi connectivity index (χ0n) is 16.0. The summed E-state index contributed by atoms with van der Waals surface area (Å²) in [6.07, 6.45) is 2.00. The molecule has 0 aromatic heterocycles. The van der Waals surface area contributed by atoms with Gasteiger partial charge in [0, 0.05) is 24.8 Å². The van der Waals surface area contributed by atoms with Crippen LogP contribution in [0.4, 0.5) is 5.69 Å². The highest BCUT2D eigenvalue weighted by Gasteiger charge is 2.24. The Kier molecular flexibility index (Phi) is 6.22. The maximum atomic E-state index is 12.5. The number of hydrogen-bond donors (Lipinski definition) is 2. The highest BCUT2D eigenvalue weighted by Crippen LogP contribution is 2.24. The van der Waals surface area contributed by atoms with Crippen LogP contribution in [0.15, 0.2) is 48.5 Å². The average molecular weight is 368 g/mol. The van der Waals surface area contributed by atoms with Crippen molar-refractivity contribution in [2.24, 2.45) is 0 Å². The highest BCUT2D eigenvalue weighted by atomic mass is 16.5. The topological polar surface area (TPSA) is 61.8 Å². The normalized spacial score (nSPS) is 17.0. The Morgan fingerprint density at radius 2 is 1.96 bits per heavy atom. The fourth-order valence-corrected chi connectivity index (χ4v) is 3.33. The number of piperidine rings is 1. The summed E-state index contributed by atoms with van der Waals surface area (Å²) in [5.41, 5.74) is 2.41. The van der Waals surface area contributed by atoms with E-state index >= 15 is 0 Å². The van der Waals surface area contributed by atoms with Crippen LogP contribution in [0.1, 0.15) is 38.2 Å². The Hall–Kier alpha value is -2.69. The monoisotopic (exact) mass is 368 g/mol. The third-order valence-corrected chi connectivity index (χ3v) is 4.94. The van der Waals surface area contributed by atoms with Crippen LogP contribution in [0.25, 0.3) is 0 Å². The molecule has 0 radical (unpaired) electrons. The maximum absolute atomic E-state index is 12.5. The smallest absolute Gasteiger partial charge is 0.260 e. The number of ether oxygens (including phenoxy) is 1. The fraction of sp³-hybridized carbons (Fsp3) is 0.409. The second kappa shape index (κ2) is 8.80. The fourth-order valence-electron chi connectivity index (χ4n) is 3.33. The number of para-hydroxylation sites is 2. The van der Waals surface area contributed by atoms with E-state index in [1.165, 1.54) is 5.56 Å². The quantitative estimate of drug-likeness (QED) is 0.809. The van der Waals surface area contributed by atoms with Crippen molar-refractivity contribution in [2.45, 2.75) is 38.6 Å². The van der Waals surface area contributed by atoms with E-state index in [0.29, 0.717) is 18.2 Å². The predicted molar refractivity (Wildman–Crippen MR) is 107 cm³/mol. The Morgan fingerprint density at radius 3 is 2.67 bits per heavy atom. The van der Waals surface area contributed by atoms with E-state index < -0.39 is 0 Å². The summed E-state index contributed by atoms with van der Waals surface area (Å²) in [6, 6.07) is 15.4. The van der Waals surface area contributed by atoms with Gasteiger partial charge in [-0.3, -0.25) is 4.79 Å². The van der Waals surface area contributed by atoms with E-state index in [4.69, 9.17) is 4.74 Å². The summed E-state index contributed by atoms with van der Waals surface area (Å²) in [4.78, 5) is 14.3. The van der Waals surface area contributed by atoms with Crippen LogP contribution in [0, 0.1) is 0 Å². The predicted octanol–water partition coefficient (Wildman–Crippen LogP) is 4.00.